The van der Waals surface area contributed by atoms with Crippen LogP contribution in [0.4, 0.5) is 0 Å². The predicted molar refractivity (Wildman–Crippen MR) is 100 cm³/mol. The van der Waals surface area contributed by atoms with Gasteiger partial charge in [0.1, 0.15) is 0 Å². The van der Waals surface area contributed by atoms with Crippen LogP contribution in [0.15, 0.2) is 48.8 Å². The molecule has 1 N–H and O–H groups in total. The van der Waals surface area contributed by atoms with Crippen LogP contribution in [0.1, 0.15) is 32.3 Å². The first-order valence-electron chi connectivity index (χ1n) is 8.97. The Labute approximate surface area is 149 Å². The summed E-state index contributed by atoms with van der Waals surface area (Å²) in [6.45, 7) is 6.29. The summed E-state index contributed by atoms with van der Waals surface area (Å²) in [5, 5.41) is 7.50. The highest BCUT2D eigenvalue weighted by Gasteiger charge is 2.17. The monoisotopic (exact) mass is 338 g/mol. The van der Waals surface area contributed by atoms with Crippen LogP contribution in [0.5, 0.6) is 0 Å². The summed E-state index contributed by atoms with van der Waals surface area (Å²) in [6, 6.07) is 10.4. The Morgan fingerprint density at radius 2 is 2.12 bits per heavy atom. The third-order valence-electron chi connectivity index (χ3n) is 4.65. The zero-order valence-electron chi connectivity index (χ0n) is 15.0. The van der Waals surface area contributed by atoms with Gasteiger partial charge < -0.3 is 5.32 Å². The zero-order valence-corrected chi connectivity index (χ0v) is 15.0. The van der Waals surface area contributed by atoms with E-state index in [1.54, 1.807) is 0 Å². The van der Waals surface area contributed by atoms with E-state index in [1.807, 2.05) is 48.1 Å². The molecule has 1 aromatic carbocycles. The van der Waals surface area contributed by atoms with E-state index in [2.05, 4.69) is 34.5 Å². The van der Waals surface area contributed by atoms with Gasteiger partial charge in [-0.25, -0.2) is 4.68 Å². The van der Waals surface area contributed by atoms with E-state index >= 15 is 0 Å². The first-order chi connectivity index (χ1) is 12.2. The lowest BCUT2D eigenvalue weighted by Gasteiger charge is -2.26. The number of nitrogens with one attached hydrogen (secondary N) is 1. The van der Waals surface area contributed by atoms with Crippen LogP contribution in [-0.4, -0.2) is 46.3 Å². The minimum atomic E-state index is 0.114. The number of amides is 1. The molecule has 1 aliphatic rings. The molecule has 0 fully saturated rings. The van der Waals surface area contributed by atoms with Gasteiger partial charge in [0.2, 0.25) is 5.91 Å². The van der Waals surface area contributed by atoms with Crippen LogP contribution >= 0.6 is 0 Å². The standard InChI is InChI=1S/C20H26N4O/c1-3-16(2)22-20(25)15-23-11-9-17(10-12-23)18-13-21-24(14-18)19-7-5-4-6-8-19/h4-9,13-14,16H,3,10-12,15H2,1-2H3,(H,22,25)/t16-/m1/s1. The lowest BCUT2D eigenvalue weighted by atomic mass is 10.0. The van der Waals surface area contributed by atoms with E-state index in [0.29, 0.717) is 6.54 Å². The average Bonchev–Trinajstić information content (AvgIpc) is 3.13. The summed E-state index contributed by atoms with van der Waals surface area (Å²) in [7, 11) is 0. The Balaban J connectivity index is 1.58. The highest BCUT2D eigenvalue weighted by Crippen LogP contribution is 2.22. The maximum atomic E-state index is 12.0. The van der Waals surface area contributed by atoms with Gasteiger partial charge in [0.05, 0.1) is 18.4 Å². The molecule has 5 nitrogen and oxygen atoms in total. The number of benzene rings is 1. The number of carbonyl (C=O) groups is 1. The maximum absolute atomic E-state index is 12.0. The van der Waals surface area contributed by atoms with Gasteiger partial charge in [-0.05, 0) is 37.5 Å². The second kappa shape index (κ2) is 8.12. The molecular formula is C20H26N4O. The topological polar surface area (TPSA) is 50.2 Å². The van der Waals surface area contributed by atoms with Crippen molar-refractivity contribution in [3.63, 3.8) is 0 Å². The number of rotatable bonds is 6. The van der Waals surface area contributed by atoms with Crippen molar-refractivity contribution in [2.45, 2.75) is 32.7 Å². The van der Waals surface area contributed by atoms with Crippen molar-refractivity contribution in [3.8, 4) is 5.69 Å². The van der Waals surface area contributed by atoms with Crippen molar-refractivity contribution in [2.75, 3.05) is 19.6 Å². The molecule has 25 heavy (non-hydrogen) atoms. The van der Waals surface area contributed by atoms with Crippen molar-refractivity contribution in [1.29, 1.82) is 0 Å². The van der Waals surface area contributed by atoms with E-state index in [9.17, 15) is 4.79 Å². The van der Waals surface area contributed by atoms with Crippen molar-refractivity contribution in [3.05, 3.63) is 54.4 Å². The molecule has 0 radical (unpaired) electrons. The summed E-state index contributed by atoms with van der Waals surface area (Å²) in [5.74, 6) is 0.114. The second-order valence-corrected chi connectivity index (χ2v) is 6.60. The summed E-state index contributed by atoms with van der Waals surface area (Å²) in [4.78, 5) is 14.2. The van der Waals surface area contributed by atoms with Gasteiger partial charge in [-0.1, -0.05) is 31.2 Å². The Morgan fingerprint density at radius 3 is 2.80 bits per heavy atom. The summed E-state index contributed by atoms with van der Waals surface area (Å²) >= 11 is 0. The van der Waals surface area contributed by atoms with Crippen molar-refractivity contribution >= 4 is 11.5 Å². The molecule has 0 spiro atoms. The Hall–Kier alpha value is -2.40. The van der Waals surface area contributed by atoms with Crippen LogP contribution in [0.2, 0.25) is 0 Å². The molecule has 0 bridgehead atoms. The quantitative estimate of drug-likeness (QED) is 0.881. The molecule has 1 aliphatic heterocycles. The number of hydrogen-bond acceptors (Lipinski definition) is 3. The molecule has 3 rings (SSSR count). The molecule has 0 saturated heterocycles. The van der Waals surface area contributed by atoms with Crippen molar-refractivity contribution < 1.29 is 4.79 Å². The summed E-state index contributed by atoms with van der Waals surface area (Å²) in [5.41, 5.74) is 3.53. The van der Waals surface area contributed by atoms with Crippen molar-refractivity contribution in [1.82, 2.24) is 20.0 Å². The lowest BCUT2D eigenvalue weighted by Crippen LogP contribution is -2.42. The summed E-state index contributed by atoms with van der Waals surface area (Å²) in [6.07, 6.45) is 8.11. The largest absolute Gasteiger partial charge is 0.353 e. The predicted octanol–water partition coefficient (Wildman–Crippen LogP) is 2.88. The fourth-order valence-corrected chi connectivity index (χ4v) is 2.95. The first-order valence-corrected chi connectivity index (χ1v) is 8.97. The number of hydrogen-bond donors (Lipinski definition) is 1. The van der Waals surface area contributed by atoms with E-state index in [0.717, 1.165) is 37.2 Å². The van der Waals surface area contributed by atoms with Crippen LogP contribution in [-0.2, 0) is 4.79 Å². The van der Waals surface area contributed by atoms with Gasteiger partial charge >= 0.3 is 0 Å². The fourth-order valence-electron chi connectivity index (χ4n) is 2.95. The number of aromatic nitrogens is 2. The van der Waals surface area contributed by atoms with Crippen LogP contribution in [0, 0.1) is 0 Å². The minimum Gasteiger partial charge on any atom is -0.353 e. The van der Waals surface area contributed by atoms with Gasteiger partial charge in [0.15, 0.2) is 0 Å². The molecule has 1 atom stereocenters. The van der Waals surface area contributed by atoms with E-state index in [4.69, 9.17) is 0 Å². The molecule has 0 saturated carbocycles. The highest BCUT2D eigenvalue weighted by atomic mass is 16.2. The maximum Gasteiger partial charge on any atom is 0.234 e. The van der Waals surface area contributed by atoms with Crippen LogP contribution in [0.25, 0.3) is 11.3 Å². The van der Waals surface area contributed by atoms with E-state index in [1.165, 1.54) is 5.57 Å². The third kappa shape index (κ3) is 4.57. The minimum absolute atomic E-state index is 0.114. The van der Waals surface area contributed by atoms with Gasteiger partial charge in [-0.2, -0.15) is 5.10 Å². The normalized spacial score (nSPS) is 16.3. The summed E-state index contributed by atoms with van der Waals surface area (Å²) < 4.78 is 1.90. The lowest BCUT2D eigenvalue weighted by molar-refractivity contribution is -0.122. The Bertz CT molecular complexity index is 735. The fraction of sp³-hybridized carbons (Fsp3) is 0.400. The van der Waals surface area contributed by atoms with Gasteiger partial charge in [0, 0.05) is 30.9 Å². The molecule has 132 valence electrons. The molecule has 0 unspecified atom stereocenters. The third-order valence-corrected chi connectivity index (χ3v) is 4.65. The molecule has 5 heteroatoms. The number of para-hydroxylation sites is 1. The molecule has 0 aliphatic carbocycles. The van der Waals surface area contributed by atoms with Gasteiger partial charge in [-0.3, -0.25) is 9.69 Å². The molecule has 2 aromatic rings. The number of nitrogens with zero attached hydrogens (tertiary/aromatic N) is 3. The zero-order chi connectivity index (χ0) is 17.6. The average molecular weight is 338 g/mol. The van der Waals surface area contributed by atoms with Gasteiger partial charge in [-0.15, -0.1) is 0 Å². The van der Waals surface area contributed by atoms with E-state index < -0.39 is 0 Å². The second-order valence-electron chi connectivity index (χ2n) is 6.60. The Kier molecular flexibility index (Phi) is 5.66. The van der Waals surface area contributed by atoms with Gasteiger partial charge in [0.25, 0.3) is 0 Å². The Morgan fingerprint density at radius 1 is 1.32 bits per heavy atom. The van der Waals surface area contributed by atoms with Crippen molar-refractivity contribution in [2.24, 2.45) is 0 Å². The molecule has 2 heterocycles. The van der Waals surface area contributed by atoms with E-state index in [-0.39, 0.29) is 11.9 Å². The highest BCUT2D eigenvalue weighted by molar-refractivity contribution is 5.78. The molecule has 1 amide bonds. The molecule has 1 aromatic heterocycles. The van der Waals surface area contributed by atoms with Crippen LogP contribution < -0.4 is 5.32 Å². The van der Waals surface area contributed by atoms with Crippen LogP contribution in [0.3, 0.4) is 0 Å². The first kappa shape index (κ1) is 17.4. The SMILES string of the molecule is CC[C@@H](C)NC(=O)CN1CC=C(c2cnn(-c3ccccc3)c2)CC1. The number of carbonyl (C=O) groups excluding carboxylic acids is 1. The molecular weight excluding hydrogens is 312 g/mol. The smallest absolute Gasteiger partial charge is 0.234 e.